The van der Waals surface area contributed by atoms with E-state index in [1.165, 1.54) is 11.1 Å². The molecule has 116 valence electrons. The summed E-state index contributed by atoms with van der Waals surface area (Å²) in [5.74, 6) is -0.763. The number of aliphatic carboxylic acids is 1. The third-order valence-corrected chi connectivity index (χ3v) is 4.71. The standard InChI is InChI=1S/C18H27NO2/c1-13-5-4-6-15(11-13)18(2,3)12-19-16-9-7-14(8-10-16)17(20)21/h4-6,11,14,16,19H,7-10,12H2,1-3H3,(H,20,21). The number of aryl methyl sites for hydroxylation is 1. The monoisotopic (exact) mass is 289 g/mol. The van der Waals surface area contributed by atoms with E-state index in [1.807, 2.05) is 0 Å². The Morgan fingerprint density at radius 2 is 1.95 bits per heavy atom. The average Bonchev–Trinajstić information content (AvgIpc) is 2.45. The first kappa shape index (κ1) is 16.0. The molecule has 2 rings (SSSR count). The van der Waals surface area contributed by atoms with Gasteiger partial charge in [0.2, 0.25) is 0 Å². The first-order chi connectivity index (χ1) is 9.88. The summed E-state index contributed by atoms with van der Waals surface area (Å²) in [7, 11) is 0. The Labute approximate surface area is 127 Å². The molecule has 0 amide bonds. The number of carboxylic acid groups (broad SMARTS) is 1. The first-order valence-corrected chi connectivity index (χ1v) is 7.92. The number of nitrogens with one attached hydrogen (secondary N) is 1. The Kier molecular flexibility index (Phi) is 5.04. The van der Waals surface area contributed by atoms with Crippen LogP contribution in [-0.2, 0) is 10.2 Å². The summed E-state index contributed by atoms with van der Waals surface area (Å²) in [5, 5.41) is 12.7. The van der Waals surface area contributed by atoms with Gasteiger partial charge in [0.05, 0.1) is 5.92 Å². The van der Waals surface area contributed by atoms with Gasteiger partial charge in [-0.15, -0.1) is 0 Å². The topological polar surface area (TPSA) is 49.3 Å². The molecule has 3 heteroatoms. The molecule has 1 aliphatic carbocycles. The molecule has 2 N–H and O–H groups in total. The molecule has 1 aliphatic rings. The van der Waals surface area contributed by atoms with Gasteiger partial charge in [0.25, 0.3) is 0 Å². The highest BCUT2D eigenvalue weighted by Crippen LogP contribution is 2.27. The molecule has 0 bridgehead atoms. The molecule has 0 aromatic heterocycles. The molecule has 1 aromatic carbocycles. The highest BCUT2D eigenvalue weighted by atomic mass is 16.4. The van der Waals surface area contributed by atoms with Crippen molar-refractivity contribution < 1.29 is 9.90 Å². The molecule has 1 aromatic rings. The fourth-order valence-electron chi connectivity index (χ4n) is 3.11. The minimum absolute atomic E-state index is 0.0929. The fraction of sp³-hybridized carbons (Fsp3) is 0.611. The largest absolute Gasteiger partial charge is 0.481 e. The zero-order valence-corrected chi connectivity index (χ0v) is 13.4. The second-order valence-electron chi connectivity index (χ2n) is 7.02. The van der Waals surface area contributed by atoms with Gasteiger partial charge in [-0.05, 0) is 38.2 Å². The maximum absolute atomic E-state index is 11.0. The third kappa shape index (κ3) is 4.31. The van der Waals surface area contributed by atoms with Gasteiger partial charge in [-0.1, -0.05) is 43.7 Å². The molecule has 0 radical (unpaired) electrons. The molecule has 1 fully saturated rings. The summed E-state index contributed by atoms with van der Waals surface area (Å²) in [5.41, 5.74) is 2.74. The zero-order chi connectivity index (χ0) is 15.5. The van der Waals surface area contributed by atoms with Crippen molar-refractivity contribution in [3.8, 4) is 0 Å². The number of benzene rings is 1. The SMILES string of the molecule is Cc1cccc(C(C)(C)CNC2CCC(C(=O)O)CC2)c1. The summed E-state index contributed by atoms with van der Waals surface area (Å²) >= 11 is 0. The van der Waals surface area contributed by atoms with E-state index in [0.717, 1.165) is 32.2 Å². The molecular weight excluding hydrogens is 262 g/mol. The summed E-state index contributed by atoms with van der Waals surface area (Å²) in [6.07, 6.45) is 3.55. The molecule has 0 saturated heterocycles. The van der Waals surface area contributed by atoms with Crippen molar-refractivity contribution in [3.63, 3.8) is 0 Å². The predicted octanol–water partition coefficient (Wildman–Crippen LogP) is 3.51. The van der Waals surface area contributed by atoms with E-state index in [4.69, 9.17) is 5.11 Å². The van der Waals surface area contributed by atoms with Crippen LogP contribution in [0.1, 0.15) is 50.7 Å². The lowest BCUT2D eigenvalue weighted by Gasteiger charge is -2.32. The van der Waals surface area contributed by atoms with Crippen LogP contribution in [0.2, 0.25) is 0 Å². The smallest absolute Gasteiger partial charge is 0.306 e. The van der Waals surface area contributed by atoms with Crippen molar-refractivity contribution in [1.29, 1.82) is 0 Å². The van der Waals surface area contributed by atoms with E-state index in [1.54, 1.807) is 0 Å². The van der Waals surface area contributed by atoms with E-state index >= 15 is 0 Å². The lowest BCUT2D eigenvalue weighted by Crippen LogP contribution is -2.41. The number of carboxylic acids is 1. The molecule has 1 saturated carbocycles. The van der Waals surface area contributed by atoms with Crippen molar-refractivity contribution >= 4 is 5.97 Å². The number of rotatable bonds is 5. The second kappa shape index (κ2) is 6.61. The van der Waals surface area contributed by atoms with E-state index in [2.05, 4.69) is 50.4 Å². The lowest BCUT2D eigenvalue weighted by molar-refractivity contribution is -0.142. The maximum Gasteiger partial charge on any atom is 0.306 e. The summed E-state index contributed by atoms with van der Waals surface area (Å²) in [6, 6.07) is 9.15. The van der Waals surface area contributed by atoms with Gasteiger partial charge in [0, 0.05) is 18.0 Å². The molecule has 0 aliphatic heterocycles. The van der Waals surface area contributed by atoms with E-state index < -0.39 is 5.97 Å². The quantitative estimate of drug-likeness (QED) is 0.872. The van der Waals surface area contributed by atoms with Gasteiger partial charge in [-0.25, -0.2) is 0 Å². The number of carbonyl (C=O) groups is 1. The van der Waals surface area contributed by atoms with Gasteiger partial charge in [0.1, 0.15) is 0 Å². The van der Waals surface area contributed by atoms with Crippen molar-refractivity contribution in [2.24, 2.45) is 5.92 Å². The molecule has 0 heterocycles. The Morgan fingerprint density at radius 3 is 2.52 bits per heavy atom. The van der Waals surface area contributed by atoms with Crippen molar-refractivity contribution in [2.45, 2.75) is 57.9 Å². The Morgan fingerprint density at radius 1 is 1.29 bits per heavy atom. The summed E-state index contributed by atoms with van der Waals surface area (Å²) < 4.78 is 0. The normalized spacial score (nSPS) is 23.0. The highest BCUT2D eigenvalue weighted by molar-refractivity contribution is 5.70. The molecule has 3 nitrogen and oxygen atoms in total. The summed E-state index contributed by atoms with van der Waals surface area (Å²) in [6.45, 7) is 7.58. The average molecular weight is 289 g/mol. The van der Waals surface area contributed by atoms with E-state index in [9.17, 15) is 4.79 Å². The Hall–Kier alpha value is -1.35. The molecule has 0 unspecified atom stereocenters. The Bertz CT molecular complexity index is 488. The van der Waals surface area contributed by atoms with Crippen molar-refractivity contribution in [3.05, 3.63) is 35.4 Å². The minimum Gasteiger partial charge on any atom is -0.481 e. The number of hydrogen-bond donors (Lipinski definition) is 2. The van der Waals surface area contributed by atoms with Crippen LogP contribution in [0.5, 0.6) is 0 Å². The van der Waals surface area contributed by atoms with Crippen LogP contribution >= 0.6 is 0 Å². The lowest BCUT2D eigenvalue weighted by atomic mass is 9.82. The van der Waals surface area contributed by atoms with E-state index in [0.29, 0.717) is 6.04 Å². The van der Waals surface area contributed by atoms with Gasteiger partial charge in [-0.2, -0.15) is 0 Å². The van der Waals surface area contributed by atoms with Crippen LogP contribution in [-0.4, -0.2) is 23.7 Å². The van der Waals surface area contributed by atoms with Crippen LogP contribution in [0.15, 0.2) is 24.3 Å². The van der Waals surface area contributed by atoms with Crippen LogP contribution in [0, 0.1) is 12.8 Å². The Balaban J connectivity index is 1.86. The zero-order valence-electron chi connectivity index (χ0n) is 13.4. The molecular formula is C18H27NO2. The number of hydrogen-bond acceptors (Lipinski definition) is 2. The van der Waals surface area contributed by atoms with Gasteiger partial charge in [0.15, 0.2) is 0 Å². The van der Waals surface area contributed by atoms with Crippen LogP contribution in [0.4, 0.5) is 0 Å². The van der Waals surface area contributed by atoms with Gasteiger partial charge >= 0.3 is 5.97 Å². The molecule has 21 heavy (non-hydrogen) atoms. The molecule has 0 atom stereocenters. The van der Waals surface area contributed by atoms with Crippen LogP contribution in [0.25, 0.3) is 0 Å². The fourth-order valence-corrected chi connectivity index (χ4v) is 3.11. The minimum atomic E-state index is -0.631. The second-order valence-corrected chi connectivity index (χ2v) is 7.02. The first-order valence-electron chi connectivity index (χ1n) is 7.92. The van der Waals surface area contributed by atoms with Crippen LogP contribution in [0.3, 0.4) is 0 Å². The van der Waals surface area contributed by atoms with Crippen LogP contribution < -0.4 is 5.32 Å². The van der Waals surface area contributed by atoms with E-state index in [-0.39, 0.29) is 11.3 Å². The molecule has 0 spiro atoms. The highest BCUT2D eigenvalue weighted by Gasteiger charge is 2.27. The third-order valence-electron chi connectivity index (χ3n) is 4.71. The van der Waals surface area contributed by atoms with Gasteiger partial charge in [-0.3, -0.25) is 4.79 Å². The van der Waals surface area contributed by atoms with Crippen molar-refractivity contribution in [1.82, 2.24) is 5.32 Å². The van der Waals surface area contributed by atoms with Gasteiger partial charge < -0.3 is 10.4 Å². The predicted molar refractivity (Wildman–Crippen MR) is 85.6 cm³/mol. The van der Waals surface area contributed by atoms with Crippen molar-refractivity contribution in [2.75, 3.05) is 6.54 Å². The maximum atomic E-state index is 11.0. The summed E-state index contributed by atoms with van der Waals surface area (Å²) in [4.78, 5) is 11.0.